The highest BCUT2D eigenvalue weighted by Crippen LogP contribution is 2.19. The van der Waals surface area contributed by atoms with Crippen LogP contribution in [0.25, 0.3) is 0 Å². The minimum atomic E-state index is -0.695. The van der Waals surface area contributed by atoms with Crippen LogP contribution in [0.2, 0.25) is 0 Å². The van der Waals surface area contributed by atoms with Gasteiger partial charge in [0.1, 0.15) is 0 Å². The number of nitrogens with one attached hydrogen (secondary N) is 1. The molecular formula is C11H13Br2NO3. The average Bonchev–Trinajstić information content (AvgIpc) is 2.25. The molecule has 0 fully saturated rings. The van der Waals surface area contributed by atoms with E-state index < -0.39 is 6.10 Å². The molecule has 17 heavy (non-hydrogen) atoms. The summed E-state index contributed by atoms with van der Waals surface area (Å²) in [6.07, 6.45) is -0.695. The Balaban J connectivity index is 2.58. The van der Waals surface area contributed by atoms with Crippen molar-refractivity contribution in [1.29, 1.82) is 0 Å². The monoisotopic (exact) mass is 365 g/mol. The van der Waals surface area contributed by atoms with E-state index >= 15 is 0 Å². The largest absolute Gasteiger partial charge is 0.389 e. The van der Waals surface area contributed by atoms with Crippen LogP contribution >= 0.6 is 31.9 Å². The molecule has 1 rings (SSSR count). The molecule has 2 N–H and O–H groups in total. The summed E-state index contributed by atoms with van der Waals surface area (Å²) >= 11 is 6.61. The predicted octanol–water partition coefficient (Wildman–Crippen LogP) is 1.95. The fourth-order valence-corrected chi connectivity index (χ4v) is 2.54. The first-order valence-corrected chi connectivity index (χ1v) is 6.53. The number of hydrogen-bond donors (Lipinski definition) is 2. The van der Waals surface area contributed by atoms with Gasteiger partial charge in [0.05, 0.1) is 12.7 Å². The number of methoxy groups -OCH3 is 1. The number of hydrogen-bond acceptors (Lipinski definition) is 3. The fraction of sp³-hybridized carbons (Fsp3) is 0.364. The minimum Gasteiger partial charge on any atom is -0.389 e. The van der Waals surface area contributed by atoms with E-state index in [1.54, 1.807) is 12.1 Å². The van der Waals surface area contributed by atoms with Gasteiger partial charge in [0.2, 0.25) is 0 Å². The lowest BCUT2D eigenvalue weighted by molar-refractivity contribution is 0.0610. The van der Waals surface area contributed by atoms with Crippen molar-refractivity contribution in [3.8, 4) is 0 Å². The molecule has 0 aliphatic carbocycles. The van der Waals surface area contributed by atoms with E-state index in [1.807, 2.05) is 6.07 Å². The maximum absolute atomic E-state index is 11.8. The quantitative estimate of drug-likeness (QED) is 0.837. The van der Waals surface area contributed by atoms with Crippen molar-refractivity contribution in [1.82, 2.24) is 5.32 Å². The Morgan fingerprint density at radius 3 is 2.53 bits per heavy atom. The van der Waals surface area contributed by atoms with E-state index in [0.717, 1.165) is 8.95 Å². The second kappa shape index (κ2) is 7.10. The van der Waals surface area contributed by atoms with Crippen molar-refractivity contribution < 1.29 is 14.6 Å². The Bertz CT molecular complexity index is 378. The van der Waals surface area contributed by atoms with Crippen LogP contribution in [0.3, 0.4) is 0 Å². The van der Waals surface area contributed by atoms with Crippen LogP contribution in [0.5, 0.6) is 0 Å². The number of carbonyl (C=O) groups is 1. The molecule has 1 aromatic rings. The van der Waals surface area contributed by atoms with Crippen LogP contribution in [-0.4, -0.2) is 37.4 Å². The molecular weight excluding hydrogens is 354 g/mol. The summed E-state index contributed by atoms with van der Waals surface area (Å²) in [6.45, 7) is 0.360. The lowest BCUT2D eigenvalue weighted by atomic mass is 10.2. The maximum Gasteiger partial charge on any atom is 0.251 e. The van der Waals surface area contributed by atoms with Crippen LogP contribution in [0, 0.1) is 0 Å². The van der Waals surface area contributed by atoms with Crippen molar-refractivity contribution in [3.63, 3.8) is 0 Å². The maximum atomic E-state index is 11.8. The molecule has 0 bridgehead atoms. The van der Waals surface area contributed by atoms with Crippen molar-refractivity contribution in [2.24, 2.45) is 0 Å². The molecule has 4 nitrogen and oxygen atoms in total. The molecule has 94 valence electrons. The summed E-state index contributed by atoms with van der Waals surface area (Å²) in [6, 6.07) is 5.27. The zero-order chi connectivity index (χ0) is 12.8. The molecule has 0 aromatic heterocycles. The molecule has 0 aliphatic heterocycles. The van der Waals surface area contributed by atoms with Gasteiger partial charge >= 0.3 is 0 Å². The third-order valence-corrected chi connectivity index (χ3v) is 2.90. The summed E-state index contributed by atoms with van der Waals surface area (Å²) < 4.78 is 6.39. The number of halogens is 2. The number of aliphatic hydroxyl groups is 1. The highest BCUT2D eigenvalue weighted by molar-refractivity contribution is 9.11. The lowest BCUT2D eigenvalue weighted by Gasteiger charge is -2.11. The Hall–Kier alpha value is -0.430. The molecule has 1 amide bonds. The third-order valence-electron chi connectivity index (χ3n) is 1.98. The molecule has 0 spiro atoms. The number of ether oxygens (including phenoxy) is 1. The van der Waals surface area contributed by atoms with Gasteiger partial charge in [0.25, 0.3) is 5.91 Å². The van der Waals surface area contributed by atoms with Gasteiger partial charge in [-0.3, -0.25) is 4.79 Å². The SMILES string of the molecule is COCC(O)CNC(=O)c1cc(Br)cc(Br)c1. The molecule has 1 unspecified atom stereocenters. The number of amides is 1. The average molecular weight is 367 g/mol. The summed E-state index contributed by atoms with van der Waals surface area (Å²) in [7, 11) is 1.50. The van der Waals surface area contributed by atoms with Gasteiger partial charge in [-0.15, -0.1) is 0 Å². The van der Waals surface area contributed by atoms with Gasteiger partial charge in [-0.2, -0.15) is 0 Å². The standard InChI is InChI=1S/C11H13Br2NO3/c1-17-6-10(15)5-14-11(16)7-2-8(12)4-9(13)3-7/h2-4,10,15H,5-6H2,1H3,(H,14,16). The molecule has 1 atom stereocenters. The van der Waals surface area contributed by atoms with E-state index in [9.17, 15) is 9.90 Å². The first-order chi connectivity index (χ1) is 8.02. The highest BCUT2D eigenvalue weighted by atomic mass is 79.9. The van der Waals surface area contributed by atoms with Crippen LogP contribution in [0.15, 0.2) is 27.1 Å². The van der Waals surface area contributed by atoms with Crippen LogP contribution in [0.1, 0.15) is 10.4 Å². The molecule has 0 aliphatic rings. The lowest BCUT2D eigenvalue weighted by Crippen LogP contribution is -2.34. The van der Waals surface area contributed by atoms with Crippen molar-refractivity contribution in [2.75, 3.05) is 20.3 Å². The summed E-state index contributed by atoms with van der Waals surface area (Å²) in [5.74, 6) is -0.234. The van der Waals surface area contributed by atoms with Gasteiger partial charge in [-0.25, -0.2) is 0 Å². The van der Waals surface area contributed by atoms with Crippen LogP contribution in [0.4, 0.5) is 0 Å². The first-order valence-electron chi connectivity index (χ1n) is 4.94. The predicted molar refractivity (Wildman–Crippen MR) is 72.1 cm³/mol. The summed E-state index contributed by atoms with van der Waals surface area (Å²) in [4.78, 5) is 11.8. The van der Waals surface area contributed by atoms with Gasteiger partial charge in [0.15, 0.2) is 0 Å². The zero-order valence-electron chi connectivity index (χ0n) is 9.24. The van der Waals surface area contributed by atoms with Gasteiger partial charge < -0.3 is 15.2 Å². The number of carbonyl (C=O) groups excluding carboxylic acids is 1. The van der Waals surface area contributed by atoms with E-state index in [4.69, 9.17) is 4.74 Å². The molecule has 1 aromatic carbocycles. The van der Waals surface area contributed by atoms with E-state index in [-0.39, 0.29) is 19.1 Å². The minimum absolute atomic E-state index is 0.163. The van der Waals surface area contributed by atoms with Crippen molar-refractivity contribution in [3.05, 3.63) is 32.7 Å². The molecule has 0 saturated heterocycles. The van der Waals surface area contributed by atoms with Gasteiger partial charge in [0, 0.05) is 28.2 Å². The van der Waals surface area contributed by atoms with Crippen LogP contribution < -0.4 is 5.32 Å². The Labute approximate surface area is 117 Å². The van der Waals surface area contributed by atoms with E-state index in [0.29, 0.717) is 5.56 Å². The smallest absolute Gasteiger partial charge is 0.251 e. The second-order valence-electron chi connectivity index (χ2n) is 3.48. The zero-order valence-corrected chi connectivity index (χ0v) is 12.4. The third kappa shape index (κ3) is 5.16. The van der Waals surface area contributed by atoms with Gasteiger partial charge in [-0.05, 0) is 18.2 Å². The normalized spacial score (nSPS) is 12.2. The van der Waals surface area contributed by atoms with Crippen LogP contribution in [-0.2, 0) is 4.74 Å². The molecule has 6 heteroatoms. The molecule has 0 heterocycles. The van der Waals surface area contributed by atoms with E-state index in [1.165, 1.54) is 7.11 Å². The van der Waals surface area contributed by atoms with Crippen molar-refractivity contribution in [2.45, 2.75) is 6.10 Å². The molecule has 0 saturated carbocycles. The number of rotatable bonds is 5. The van der Waals surface area contributed by atoms with Gasteiger partial charge in [-0.1, -0.05) is 31.9 Å². The molecule has 0 radical (unpaired) electrons. The Morgan fingerprint density at radius 1 is 1.41 bits per heavy atom. The highest BCUT2D eigenvalue weighted by Gasteiger charge is 2.10. The summed E-state index contributed by atoms with van der Waals surface area (Å²) in [5.41, 5.74) is 0.524. The second-order valence-corrected chi connectivity index (χ2v) is 5.31. The Morgan fingerprint density at radius 2 is 2.00 bits per heavy atom. The first kappa shape index (κ1) is 14.6. The Kier molecular flexibility index (Phi) is 6.11. The van der Waals surface area contributed by atoms with E-state index in [2.05, 4.69) is 37.2 Å². The number of benzene rings is 1. The summed E-state index contributed by atoms with van der Waals surface area (Å²) in [5, 5.41) is 12.0. The number of aliphatic hydroxyl groups excluding tert-OH is 1. The fourth-order valence-electron chi connectivity index (χ4n) is 1.25. The van der Waals surface area contributed by atoms with Crippen molar-refractivity contribution >= 4 is 37.8 Å². The topological polar surface area (TPSA) is 58.6 Å².